The molecule has 1 aliphatic rings. The summed E-state index contributed by atoms with van der Waals surface area (Å²) in [5, 5.41) is 3.11. The molecule has 4 rings (SSSR count). The zero-order valence-electron chi connectivity index (χ0n) is 15.9. The summed E-state index contributed by atoms with van der Waals surface area (Å²) in [5.74, 6) is -1.37. The maximum atomic E-state index is 14.1. The number of carbonyl (C=O) groups is 2. The molecule has 0 unspecified atom stereocenters. The van der Waals surface area contributed by atoms with Gasteiger partial charge in [-0.05, 0) is 36.2 Å². The molecule has 1 aliphatic heterocycles. The second kappa shape index (κ2) is 7.72. The van der Waals surface area contributed by atoms with Crippen molar-refractivity contribution in [3.63, 3.8) is 0 Å². The smallest absolute Gasteiger partial charge is 0.278 e. The molecule has 2 amide bonds. The van der Waals surface area contributed by atoms with Crippen LogP contribution in [0.25, 0.3) is 5.57 Å². The van der Waals surface area contributed by atoms with Crippen molar-refractivity contribution < 1.29 is 14.0 Å². The fourth-order valence-electron chi connectivity index (χ4n) is 3.37. The van der Waals surface area contributed by atoms with Gasteiger partial charge < -0.3 is 5.32 Å². The molecular weight excluding hydrogens is 367 g/mol. The molecule has 0 atom stereocenters. The van der Waals surface area contributed by atoms with Crippen LogP contribution in [0.2, 0.25) is 0 Å². The zero-order chi connectivity index (χ0) is 20.4. The van der Waals surface area contributed by atoms with Crippen molar-refractivity contribution >= 4 is 23.1 Å². The van der Waals surface area contributed by atoms with E-state index < -0.39 is 17.6 Å². The summed E-state index contributed by atoms with van der Waals surface area (Å²) in [6, 6.07) is 22.7. The standard InChI is InChI=1S/C24H19FN2O2/c1-16-8-7-12-19(14-16)26-22-21(17-9-3-2-4-10-17)23(28)27(24(22)29)15-18-11-5-6-13-20(18)25/h2-14,26H,15H2,1H3. The molecule has 0 aromatic heterocycles. The van der Waals surface area contributed by atoms with Gasteiger partial charge in [0.15, 0.2) is 0 Å². The minimum absolute atomic E-state index is 0.125. The Balaban J connectivity index is 1.75. The van der Waals surface area contributed by atoms with E-state index >= 15 is 0 Å². The van der Waals surface area contributed by atoms with Crippen LogP contribution in [0.15, 0.2) is 84.6 Å². The highest BCUT2D eigenvalue weighted by atomic mass is 19.1. The van der Waals surface area contributed by atoms with Crippen LogP contribution < -0.4 is 5.32 Å². The molecule has 144 valence electrons. The van der Waals surface area contributed by atoms with E-state index in [1.54, 1.807) is 30.3 Å². The molecule has 5 heteroatoms. The molecule has 29 heavy (non-hydrogen) atoms. The highest BCUT2D eigenvalue weighted by molar-refractivity contribution is 6.36. The molecule has 0 spiro atoms. The minimum atomic E-state index is -0.474. The number of nitrogens with zero attached hydrogens (tertiary/aromatic N) is 1. The third kappa shape index (κ3) is 3.67. The third-order valence-corrected chi connectivity index (χ3v) is 4.80. The highest BCUT2D eigenvalue weighted by Crippen LogP contribution is 2.31. The Morgan fingerprint density at radius 1 is 0.862 bits per heavy atom. The van der Waals surface area contributed by atoms with Crippen LogP contribution in [-0.2, 0) is 16.1 Å². The monoisotopic (exact) mass is 386 g/mol. The molecule has 3 aromatic carbocycles. The van der Waals surface area contributed by atoms with Gasteiger partial charge in [0.05, 0.1) is 12.1 Å². The molecule has 1 N–H and O–H groups in total. The molecule has 0 aliphatic carbocycles. The topological polar surface area (TPSA) is 49.4 Å². The lowest BCUT2D eigenvalue weighted by molar-refractivity contribution is -0.137. The van der Waals surface area contributed by atoms with Crippen LogP contribution in [0.4, 0.5) is 10.1 Å². The first-order chi connectivity index (χ1) is 14.0. The van der Waals surface area contributed by atoms with E-state index in [1.165, 1.54) is 6.07 Å². The number of hydrogen-bond acceptors (Lipinski definition) is 3. The summed E-state index contributed by atoms with van der Waals surface area (Å²) in [6.07, 6.45) is 0. The van der Waals surface area contributed by atoms with Gasteiger partial charge in [0.1, 0.15) is 11.5 Å². The summed E-state index contributed by atoms with van der Waals surface area (Å²) >= 11 is 0. The predicted octanol–water partition coefficient (Wildman–Crippen LogP) is 4.53. The van der Waals surface area contributed by atoms with Gasteiger partial charge in [-0.3, -0.25) is 14.5 Å². The molecule has 0 saturated carbocycles. The highest BCUT2D eigenvalue weighted by Gasteiger charge is 2.39. The summed E-state index contributed by atoms with van der Waals surface area (Å²) in [4.78, 5) is 27.4. The van der Waals surface area contributed by atoms with Gasteiger partial charge in [0.25, 0.3) is 11.8 Å². The molecule has 0 saturated heterocycles. The summed E-state index contributed by atoms with van der Waals surface area (Å²) in [6.45, 7) is 1.82. The number of rotatable bonds is 5. The van der Waals surface area contributed by atoms with E-state index in [-0.39, 0.29) is 17.8 Å². The summed E-state index contributed by atoms with van der Waals surface area (Å²) in [5.41, 5.74) is 3.14. The Labute approximate surface area is 168 Å². The lowest BCUT2D eigenvalue weighted by Gasteiger charge is -2.16. The SMILES string of the molecule is Cc1cccc(NC2=C(c3ccccc3)C(=O)N(Cc3ccccc3F)C2=O)c1. The predicted molar refractivity (Wildman–Crippen MR) is 110 cm³/mol. The molecule has 0 radical (unpaired) electrons. The van der Waals surface area contributed by atoms with Gasteiger partial charge in [-0.2, -0.15) is 0 Å². The molecule has 0 fully saturated rings. The van der Waals surface area contributed by atoms with E-state index in [4.69, 9.17) is 0 Å². The van der Waals surface area contributed by atoms with Crippen LogP contribution >= 0.6 is 0 Å². The number of carbonyl (C=O) groups excluding carboxylic acids is 2. The number of amides is 2. The number of nitrogens with one attached hydrogen (secondary N) is 1. The fraction of sp³-hybridized carbons (Fsp3) is 0.0833. The first-order valence-electron chi connectivity index (χ1n) is 9.27. The van der Waals surface area contributed by atoms with Crippen molar-refractivity contribution in [2.24, 2.45) is 0 Å². The Bertz CT molecular complexity index is 1120. The van der Waals surface area contributed by atoms with Gasteiger partial charge >= 0.3 is 0 Å². The minimum Gasteiger partial charge on any atom is -0.350 e. The Morgan fingerprint density at radius 2 is 1.59 bits per heavy atom. The second-order valence-corrected chi connectivity index (χ2v) is 6.90. The average molecular weight is 386 g/mol. The van der Waals surface area contributed by atoms with E-state index in [0.717, 1.165) is 10.5 Å². The van der Waals surface area contributed by atoms with Crippen molar-refractivity contribution in [2.45, 2.75) is 13.5 Å². The zero-order valence-corrected chi connectivity index (χ0v) is 15.9. The van der Waals surface area contributed by atoms with Crippen molar-refractivity contribution in [2.75, 3.05) is 5.32 Å². The van der Waals surface area contributed by atoms with Crippen molar-refractivity contribution in [1.29, 1.82) is 0 Å². The molecule has 1 heterocycles. The third-order valence-electron chi connectivity index (χ3n) is 4.80. The van der Waals surface area contributed by atoms with Gasteiger partial charge in [0, 0.05) is 11.3 Å². The van der Waals surface area contributed by atoms with Crippen LogP contribution in [0.1, 0.15) is 16.7 Å². The van der Waals surface area contributed by atoms with Crippen LogP contribution in [-0.4, -0.2) is 16.7 Å². The van der Waals surface area contributed by atoms with Crippen LogP contribution in [0.5, 0.6) is 0 Å². The first kappa shape index (κ1) is 18.6. The van der Waals surface area contributed by atoms with Crippen molar-refractivity contribution in [3.8, 4) is 0 Å². The molecule has 4 nitrogen and oxygen atoms in total. The maximum Gasteiger partial charge on any atom is 0.278 e. The number of imide groups is 1. The van der Waals surface area contributed by atoms with E-state index in [1.807, 2.05) is 49.4 Å². The Kier molecular flexibility index (Phi) is 4.96. The van der Waals surface area contributed by atoms with E-state index in [2.05, 4.69) is 5.32 Å². The molecule has 3 aromatic rings. The Morgan fingerprint density at radius 3 is 2.31 bits per heavy atom. The Hall–Kier alpha value is -3.73. The largest absolute Gasteiger partial charge is 0.350 e. The number of benzene rings is 3. The number of halogens is 1. The van der Waals surface area contributed by atoms with Crippen LogP contribution in [0.3, 0.4) is 0 Å². The lowest BCUT2D eigenvalue weighted by atomic mass is 10.0. The number of anilines is 1. The average Bonchev–Trinajstić information content (AvgIpc) is 2.94. The van der Waals surface area contributed by atoms with Gasteiger partial charge in [-0.1, -0.05) is 60.7 Å². The molecule has 0 bridgehead atoms. The normalized spacial score (nSPS) is 13.9. The number of hydrogen-bond donors (Lipinski definition) is 1. The summed E-state index contributed by atoms with van der Waals surface area (Å²) in [7, 11) is 0. The van der Waals surface area contributed by atoms with Gasteiger partial charge in [0.2, 0.25) is 0 Å². The van der Waals surface area contributed by atoms with Crippen LogP contribution in [0, 0.1) is 12.7 Å². The van der Waals surface area contributed by atoms with Crippen molar-refractivity contribution in [3.05, 3.63) is 107 Å². The summed E-state index contributed by atoms with van der Waals surface area (Å²) < 4.78 is 14.1. The lowest BCUT2D eigenvalue weighted by Crippen LogP contribution is -2.32. The van der Waals surface area contributed by atoms with Gasteiger partial charge in [-0.25, -0.2) is 4.39 Å². The van der Waals surface area contributed by atoms with E-state index in [9.17, 15) is 14.0 Å². The fourth-order valence-corrected chi connectivity index (χ4v) is 3.37. The number of aryl methyl sites for hydroxylation is 1. The second-order valence-electron chi connectivity index (χ2n) is 6.90. The first-order valence-corrected chi connectivity index (χ1v) is 9.27. The maximum absolute atomic E-state index is 14.1. The van der Waals surface area contributed by atoms with Gasteiger partial charge in [-0.15, -0.1) is 0 Å². The molecular formula is C24H19FN2O2. The van der Waals surface area contributed by atoms with Crippen molar-refractivity contribution in [1.82, 2.24) is 4.90 Å². The van der Waals surface area contributed by atoms with E-state index in [0.29, 0.717) is 16.8 Å². The quantitative estimate of drug-likeness (QED) is 0.656.